The van der Waals surface area contributed by atoms with Gasteiger partial charge in [0.1, 0.15) is 6.04 Å². The Morgan fingerprint density at radius 1 is 1.43 bits per heavy atom. The number of aliphatic carboxylic acids is 1. The zero-order valence-electron chi connectivity index (χ0n) is 7.31. The highest BCUT2D eigenvalue weighted by molar-refractivity contribution is 9.10. The maximum atomic E-state index is 10.4. The highest BCUT2D eigenvalue weighted by atomic mass is 79.9. The molecule has 0 amide bonds. The predicted octanol–water partition coefficient (Wildman–Crippen LogP) is 1.83. The summed E-state index contributed by atoms with van der Waals surface area (Å²) in [6, 6.07) is 6.62. The zero-order valence-corrected chi connectivity index (χ0v) is 9.72. The van der Waals surface area contributed by atoms with Crippen molar-refractivity contribution in [1.29, 1.82) is 0 Å². The molecule has 0 aromatic heterocycles. The van der Waals surface area contributed by atoms with Gasteiger partial charge in [0, 0.05) is 4.47 Å². The first kappa shape index (κ1) is 13.4. The molecule has 78 valence electrons. The Morgan fingerprint density at radius 3 is 2.36 bits per heavy atom. The first-order chi connectivity index (χ1) is 6.09. The van der Waals surface area contributed by atoms with E-state index in [0.29, 0.717) is 6.42 Å². The lowest BCUT2D eigenvalue weighted by Gasteiger charge is -2.05. The zero-order chi connectivity index (χ0) is 9.84. The smallest absolute Gasteiger partial charge is 0.320 e. The fourth-order valence-electron chi connectivity index (χ4n) is 0.962. The van der Waals surface area contributed by atoms with Crippen LogP contribution < -0.4 is 5.73 Å². The number of carbonyl (C=O) groups is 1. The van der Waals surface area contributed by atoms with Crippen molar-refractivity contribution in [2.24, 2.45) is 5.73 Å². The van der Waals surface area contributed by atoms with Gasteiger partial charge in [0.25, 0.3) is 0 Å². The number of rotatable bonds is 3. The number of nitrogens with two attached hydrogens (primary N) is 1. The standard InChI is InChI=1S/C9H10BrNO2.ClH/c10-7-3-1-6(2-4-7)5-8(11)9(12)13;/h1-4,8H,5,11H2,(H,12,13);1H/t8-;/m1./s1. The molecule has 0 saturated carbocycles. The average molecular weight is 281 g/mol. The Hall–Kier alpha value is -0.580. The van der Waals surface area contributed by atoms with Crippen molar-refractivity contribution in [3.05, 3.63) is 34.3 Å². The molecule has 0 aliphatic rings. The van der Waals surface area contributed by atoms with E-state index in [-0.39, 0.29) is 12.4 Å². The minimum atomic E-state index is -0.970. The largest absolute Gasteiger partial charge is 0.480 e. The molecule has 1 aromatic carbocycles. The highest BCUT2D eigenvalue weighted by Gasteiger charge is 2.11. The molecule has 0 spiro atoms. The van der Waals surface area contributed by atoms with Crippen LogP contribution in [0.4, 0.5) is 0 Å². The van der Waals surface area contributed by atoms with Crippen LogP contribution in [-0.2, 0) is 11.2 Å². The molecule has 0 bridgehead atoms. The van der Waals surface area contributed by atoms with Crippen LogP contribution in [0.15, 0.2) is 28.7 Å². The fraction of sp³-hybridized carbons (Fsp3) is 0.222. The Balaban J connectivity index is 0.00000169. The molecule has 0 fully saturated rings. The quantitative estimate of drug-likeness (QED) is 0.888. The lowest BCUT2D eigenvalue weighted by molar-refractivity contribution is -0.138. The van der Waals surface area contributed by atoms with Gasteiger partial charge in [0.15, 0.2) is 0 Å². The van der Waals surface area contributed by atoms with E-state index >= 15 is 0 Å². The maximum absolute atomic E-state index is 10.4. The molecule has 1 aromatic rings. The van der Waals surface area contributed by atoms with E-state index in [1.807, 2.05) is 24.3 Å². The number of hydrogen-bond acceptors (Lipinski definition) is 2. The molecular weight excluding hydrogens is 269 g/mol. The van der Waals surface area contributed by atoms with Gasteiger partial charge < -0.3 is 10.8 Å². The molecule has 5 heteroatoms. The third-order valence-electron chi connectivity index (χ3n) is 1.69. The lowest BCUT2D eigenvalue weighted by Crippen LogP contribution is -2.32. The summed E-state index contributed by atoms with van der Waals surface area (Å²) in [7, 11) is 0. The molecule has 0 aliphatic heterocycles. The minimum absolute atomic E-state index is 0. The second-order valence-corrected chi connectivity index (χ2v) is 3.69. The van der Waals surface area contributed by atoms with Crippen LogP contribution in [0.25, 0.3) is 0 Å². The van der Waals surface area contributed by atoms with Crippen LogP contribution in [0.5, 0.6) is 0 Å². The summed E-state index contributed by atoms with van der Waals surface area (Å²) < 4.78 is 0.972. The second-order valence-electron chi connectivity index (χ2n) is 2.78. The van der Waals surface area contributed by atoms with Gasteiger partial charge in [-0.25, -0.2) is 0 Å². The van der Waals surface area contributed by atoms with Crippen LogP contribution in [-0.4, -0.2) is 17.1 Å². The lowest BCUT2D eigenvalue weighted by atomic mass is 10.1. The summed E-state index contributed by atoms with van der Waals surface area (Å²) in [5.41, 5.74) is 6.30. The molecular formula is C9H11BrClNO2. The molecule has 3 N–H and O–H groups in total. The van der Waals surface area contributed by atoms with Crippen molar-refractivity contribution < 1.29 is 9.90 Å². The number of hydrogen-bond donors (Lipinski definition) is 2. The molecule has 1 atom stereocenters. The average Bonchev–Trinajstić information content (AvgIpc) is 2.08. The van der Waals surface area contributed by atoms with E-state index in [9.17, 15) is 4.79 Å². The molecule has 0 radical (unpaired) electrons. The van der Waals surface area contributed by atoms with Crippen molar-refractivity contribution in [3.8, 4) is 0 Å². The Kier molecular flexibility index (Phi) is 5.76. The van der Waals surface area contributed by atoms with Crippen LogP contribution in [0, 0.1) is 0 Å². The van der Waals surface area contributed by atoms with E-state index in [1.54, 1.807) is 0 Å². The number of carboxylic acid groups (broad SMARTS) is 1. The van der Waals surface area contributed by atoms with Crippen molar-refractivity contribution >= 4 is 34.3 Å². The molecule has 0 unspecified atom stereocenters. The molecule has 0 saturated heterocycles. The molecule has 14 heavy (non-hydrogen) atoms. The van der Waals surface area contributed by atoms with Gasteiger partial charge in [-0.15, -0.1) is 12.4 Å². The molecule has 3 nitrogen and oxygen atoms in total. The molecule has 1 rings (SSSR count). The number of halogens is 2. The van der Waals surface area contributed by atoms with Gasteiger partial charge in [0.2, 0.25) is 0 Å². The summed E-state index contributed by atoms with van der Waals surface area (Å²) in [4.78, 5) is 10.4. The maximum Gasteiger partial charge on any atom is 0.320 e. The second kappa shape index (κ2) is 6.01. The van der Waals surface area contributed by atoms with Crippen molar-refractivity contribution in [2.75, 3.05) is 0 Å². The van der Waals surface area contributed by atoms with E-state index in [4.69, 9.17) is 10.8 Å². The molecule has 0 heterocycles. The topological polar surface area (TPSA) is 63.3 Å². The summed E-state index contributed by atoms with van der Waals surface area (Å²) in [5.74, 6) is -0.970. The number of carboxylic acids is 1. The summed E-state index contributed by atoms with van der Waals surface area (Å²) in [6.07, 6.45) is 0.364. The summed E-state index contributed by atoms with van der Waals surface area (Å²) in [6.45, 7) is 0. The van der Waals surface area contributed by atoms with Gasteiger partial charge in [0.05, 0.1) is 0 Å². The van der Waals surface area contributed by atoms with E-state index in [1.165, 1.54) is 0 Å². The number of benzene rings is 1. The monoisotopic (exact) mass is 279 g/mol. The van der Waals surface area contributed by atoms with Crippen LogP contribution in [0.3, 0.4) is 0 Å². The SMILES string of the molecule is Cl.N[C@H](Cc1ccc(Br)cc1)C(=O)O. The predicted molar refractivity (Wildman–Crippen MR) is 60.7 cm³/mol. The normalized spacial score (nSPS) is 11.6. The van der Waals surface area contributed by atoms with Crippen LogP contribution in [0.1, 0.15) is 5.56 Å². The van der Waals surface area contributed by atoms with E-state index in [0.717, 1.165) is 10.0 Å². The fourth-order valence-corrected chi connectivity index (χ4v) is 1.23. The molecule has 0 aliphatic carbocycles. The van der Waals surface area contributed by atoms with Gasteiger partial charge in [-0.3, -0.25) is 4.79 Å². The first-order valence-corrected chi connectivity index (χ1v) is 4.61. The summed E-state index contributed by atoms with van der Waals surface area (Å²) >= 11 is 3.29. The van der Waals surface area contributed by atoms with Crippen molar-refractivity contribution in [3.63, 3.8) is 0 Å². The highest BCUT2D eigenvalue weighted by Crippen LogP contribution is 2.11. The Labute approximate surface area is 96.8 Å². The van der Waals surface area contributed by atoms with Crippen molar-refractivity contribution in [1.82, 2.24) is 0 Å². The minimum Gasteiger partial charge on any atom is -0.480 e. The third-order valence-corrected chi connectivity index (χ3v) is 2.21. The van der Waals surface area contributed by atoms with Crippen LogP contribution in [0.2, 0.25) is 0 Å². The van der Waals surface area contributed by atoms with Gasteiger partial charge in [-0.05, 0) is 24.1 Å². The van der Waals surface area contributed by atoms with Gasteiger partial charge in [-0.1, -0.05) is 28.1 Å². The Morgan fingerprint density at radius 2 is 1.93 bits per heavy atom. The van der Waals surface area contributed by atoms with Crippen LogP contribution >= 0.6 is 28.3 Å². The Bertz CT molecular complexity index is 302. The van der Waals surface area contributed by atoms with Gasteiger partial charge >= 0.3 is 5.97 Å². The first-order valence-electron chi connectivity index (χ1n) is 3.82. The van der Waals surface area contributed by atoms with Gasteiger partial charge in [-0.2, -0.15) is 0 Å². The van der Waals surface area contributed by atoms with E-state index < -0.39 is 12.0 Å². The third kappa shape index (κ3) is 4.09. The summed E-state index contributed by atoms with van der Waals surface area (Å²) in [5, 5.41) is 8.56. The van der Waals surface area contributed by atoms with Crippen molar-refractivity contribution in [2.45, 2.75) is 12.5 Å². The van der Waals surface area contributed by atoms with E-state index in [2.05, 4.69) is 15.9 Å².